The predicted octanol–water partition coefficient (Wildman–Crippen LogP) is 1.15. The number of hydrogen-bond acceptors (Lipinski definition) is 4. The van der Waals surface area contributed by atoms with Crippen LogP contribution in [0.4, 0.5) is 0 Å². The van der Waals surface area contributed by atoms with Gasteiger partial charge in [-0.2, -0.15) is 0 Å². The van der Waals surface area contributed by atoms with Crippen LogP contribution in [0.1, 0.15) is 16.9 Å². The largest absolute Gasteiger partial charge is 0.463 e. The molecule has 2 rings (SSSR count). The van der Waals surface area contributed by atoms with Crippen LogP contribution in [0.25, 0.3) is 0 Å². The van der Waals surface area contributed by atoms with E-state index in [9.17, 15) is 4.79 Å². The van der Waals surface area contributed by atoms with E-state index in [4.69, 9.17) is 9.52 Å². The molecule has 1 N–H and O–H groups in total. The average Bonchev–Trinajstić information content (AvgIpc) is 2.76. The fourth-order valence-corrected chi connectivity index (χ4v) is 2.79. The van der Waals surface area contributed by atoms with E-state index < -0.39 is 0 Å². The van der Waals surface area contributed by atoms with Crippen LogP contribution < -0.4 is 0 Å². The van der Waals surface area contributed by atoms with Crippen molar-refractivity contribution < 1.29 is 14.3 Å². The van der Waals surface area contributed by atoms with Gasteiger partial charge in [0.1, 0.15) is 16.9 Å². The average molecular weight is 227 g/mol. The fourth-order valence-electron chi connectivity index (χ4n) is 1.63. The van der Waals surface area contributed by atoms with E-state index in [2.05, 4.69) is 0 Å². The second kappa shape index (κ2) is 4.28. The summed E-state index contributed by atoms with van der Waals surface area (Å²) >= 11 is 1.54. The molecule has 1 aliphatic rings. The van der Waals surface area contributed by atoms with Gasteiger partial charge in [0.25, 0.3) is 0 Å². The Morgan fingerprint density at radius 3 is 3.07 bits per heavy atom. The van der Waals surface area contributed by atoms with Crippen molar-refractivity contribution in [2.45, 2.75) is 12.3 Å². The molecule has 0 aromatic carbocycles. The van der Waals surface area contributed by atoms with E-state index in [0.29, 0.717) is 12.3 Å². The van der Waals surface area contributed by atoms with Crippen LogP contribution in [0.5, 0.6) is 0 Å². The number of aliphatic hydroxyl groups is 1. The van der Waals surface area contributed by atoms with Crippen LogP contribution in [0, 0.1) is 6.92 Å². The zero-order valence-corrected chi connectivity index (χ0v) is 9.29. The first-order chi connectivity index (χ1) is 7.22. The smallest absolute Gasteiger partial charge is 0.234 e. The molecule has 0 radical (unpaired) electrons. The van der Waals surface area contributed by atoms with Gasteiger partial charge in [0, 0.05) is 6.54 Å². The Labute approximate surface area is 92.2 Å². The van der Waals surface area contributed by atoms with Crippen LogP contribution >= 0.6 is 11.8 Å². The Kier molecular flexibility index (Phi) is 3.02. The van der Waals surface area contributed by atoms with Gasteiger partial charge < -0.3 is 14.4 Å². The van der Waals surface area contributed by atoms with Gasteiger partial charge in [-0.05, 0) is 19.1 Å². The van der Waals surface area contributed by atoms with Crippen LogP contribution in [-0.4, -0.2) is 34.8 Å². The molecule has 5 heteroatoms. The van der Waals surface area contributed by atoms with Crippen LogP contribution in [-0.2, 0) is 4.79 Å². The normalized spacial score (nSPS) is 21.3. The second-order valence-electron chi connectivity index (χ2n) is 3.42. The Balaban J connectivity index is 2.18. The third kappa shape index (κ3) is 2.03. The van der Waals surface area contributed by atoms with Crippen molar-refractivity contribution in [2.75, 3.05) is 18.9 Å². The number of furan rings is 1. The van der Waals surface area contributed by atoms with Gasteiger partial charge in [0.2, 0.25) is 5.91 Å². The van der Waals surface area contributed by atoms with E-state index in [1.807, 2.05) is 19.1 Å². The molecule has 0 saturated carbocycles. The number of nitrogens with zero attached hydrogens (tertiary/aromatic N) is 1. The molecule has 1 aromatic rings. The van der Waals surface area contributed by atoms with Crippen molar-refractivity contribution >= 4 is 17.7 Å². The number of β-amino-alcohol motifs (C(OH)–C–C–N with tert-alkyl or cyclic N) is 1. The number of hydrogen-bond donors (Lipinski definition) is 1. The Morgan fingerprint density at radius 2 is 2.47 bits per heavy atom. The summed E-state index contributed by atoms with van der Waals surface area (Å²) in [4.78, 5) is 13.2. The van der Waals surface area contributed by atoms with E-state index in [0.717, 1.165) is 11.5 Å². The fraction of sp³-hybridized carbons (Fsp3) is 0.500. The maximum Gasteiger partial charge on any atom is 0.234 e. The summed E-state index contributed by atoms with van der Waals surface area (Å²) in [5, 5.41) is 8.81. The summed E-state index contributed by atoms with van der Waals surface area (Å²) in [5.41, 5.74) is 0. The van der Waals surface area contributed by atoms with Gasteiger partial charge in [-0.1, -0.05) is 0 Å². The van der Waals surface area contributed by atoms with Gasteiger partial charge in [0.15, 0.2) is 0 Å². The lowest BCUT2D eigenvalue weighted by Gasteiger charge is -2.20. The number of carbonyl (C=O) groups excluding carboxylic acids is 1. The first-order valence-corrected chi connectivity index (χ1v) is 5.85. The lowest BCUT2D eigenvalue weighted by atomic mass is 10.3. The molecular weight excluding hydrogens is 214 g/mol. The summed E-state index contributed by atoms with van der Waals surface area (Å²) in [6, 6.07) is 3.77. The van der Waals surface area contributed by atoms with E-state index >= 15 is 0 Å². The van der Waals surface area contributed by atoms with E-state index in [1.54, 1.807) is 4.90 Å². The number of carbonyl (C=O) groups is 1. The van der Waals surface area contributed by atoms with Crippen LogP contribution in [0.15, 0.2) is 16.5 Å². The SMILES string of the molecule is Cc1ccc(C2SCC(=O)N2CCO)o1. The van der Waals surface area contributed by atoms with Gasteiger partial charge in [-0.15, -0.1) is 11.8 Å². The third-order valence-corrected chi connectivity index (χ3v) is 3.53. The molecule has 1 aliphatic heterocycles. The van der Waals surface area contributed by atoms with Crippen molar-refractivity contribution in [3.05, 3.63) is 23.7 Å². The maximum atomic E-state index is 11.5. The highest BCUT2D eigenvalue weighted by atomic mass is 32.2. The summed E-state index contributed by atoms with van der Waals surface area (Å²) in [7, 11) is 0. The van der Waals surface area contributed by atoms with Crippen molar-refractivity contribution in [3.63, 3.8) is 0 Å². The predicted molar refractivity (Wildman–Crippen MR) is 57.4 cm³/mol. The first-order valence-electron chi connectivity index (χ1n) is 4.80. The standard InChI is InChI=1S/C10H13NO3S/c1-7-2-3-8(14-7)10-11(4-5-12)9(13)6-15-10/h2-3,10,12H,4-6H2,1H3. The molecule has 15 heavy (non-hydrogen) atoms. The lowest BCUT2D eigenvalue weighted by molar-refractivity contribution is -0.128. The highest BCUT2D eigenvalue weighted by molar-refractivity contribution is 8.00. The number of amides is 1. The molecule has 0 spiro atoms. The van der Waals surface area contributed by atoms with E-state index in [-0.39, 0.29) is 17.9 Å². The first kappa shape index (κ1) is 10.6. The Bertz CT molecular complexity index is 363. The minimum atomic E-state index is -0.0710. The molecule has 1 saturated heterocycles. The molecule has 1 unspecified atom stereocenters. The van der Waals surface area contributed by atoms with Crippen molar-refractivity contribution in [1.82, 2.24) is 4.90 Å². The van der Waals surface area contributed by atoms with Crippen molar-refractivity contribution in [3.8, 4) is 0 Å². The Hall–Kier alpha value is -0.940. The summed E-state index contributed by atoms with van der Waals surface area (Å²) < 4.78 is 5.50. The maximum absolute atomic E-state index is 11.5. The molecule has 4 nitrogen and oxygen atoms in total. The minimum Gasteiger partial charge on any atom is -0.463 e. The quantitative estimate of drug-likeness (QED) is 0.841. The number of aliphatic hydroxyl groups excluding tert-OH is 1. The highest BCUT2D eigenvalue weighted by Crippen LogP contribution is 2.38. The topological polar surface area (TPSA) is 53.7 Å². The zero-order chi connectivity index (χ0) is 10.8. The van der Waals surface area contributed by atoms with Crippen molar-refractivity contribution in [1.29, 1.82) is 0 Å². The molecule has 1 aromatic heterocycles. The number of thioether (sulfide) groups is 1. The van der Waals surface area contributed by atoms with E-state index in [1.165, 1.54) is 11.8 Å². The summed E-state index contributed by atoms with van der Waals surface area (Å²) in [6.07, 6.45) is 0. The number of aryl methyl sites for hydroxylation is 1. The monoisotopic (exact) mass is 227 g/mol. The third-order valence-electron chi connectivity index (χ3n) is 2.31. The highest BCUT2D eigenvalue weighted by Gasteiger charge is 2.34. The molecule has 1 fully saturated rings. The van der Waals surface area contributed by atoms with Gasteiger partial charge >= 0.3 is 0 Å². The zero-order valence-electron chi connectivity index (χ0n) is 8.47. The molecule has 1 atom stereocenters. The van der Waals surface area contributed by atoms with Gasteiger partial charge in [0.05, 0.1) is 12.4 Å². The number of rotatable bonds is 3. The molecule has 1 amide bonds. The minimum absolute atomic E-state index is 0.0114. The molecule has 0 bridgehead atoms. The molecule has 2 heterocycles. The molecular formula is C10H13NO3S. The van der Waals surface area contributed by atoms with Crippen LogP contribution in [0.3, 0.4) is 0 Å². The van der Waals surface area contributed by atoms with Gasteiger partial charge in [-0.25, -0.2) is 0 Å². The van der Waals surface area contributed by atoms with Crippen molar-refractivity contribution in [2.24, 2.45) is 0 Å². The lowest BCUT2D eigenvalue weighted by Crippen LogP contribution is -2.30. The second-order valence-corrected chi connectivity index (χ2v) is 4.49. The van der Waals surface area contributed by atoms with Crippen LogP contribution in [0.2, 0.25) is 0 Å². The molecule has 0 aliphatic carbocycles. The summed E-state index contributed by atoms with van der Waals surface area (Å²) in [5.74, 6) is 2.16. The van der Waals surface area contributed by atoms with Gasteiger partial charge in [-0.3, -0.25) is 4.79 Å². The Morgan fingerprint density at radius 1 is 1.67 bits per heavy atom. The summed E-state index contributed by atoms with van der Waals surface area (Å²) in [6.45, 7) is 2.24. The molecule has 82 valence electrons.